The highest BCUT2D eigenvalue weighted by atomic mass is 35.5. The number of anilines is 1. The Morgan fingerprint density at radius 3 is 2.40 bits per heavy atom. The van der Waals surface area contributed by atoms with E-state index in [2.05, 4.69) is 15.3 Å². The topological polar surface area (TPSA) is 92.2 Å². The molecule has 6 nitrogen and oxygen atoms in total. The number of carboxylic acids is 1. The van der Waals surface area contributed by atoms with E-state index in [1.54, 1.807) is 24.3 Å². The Bertz CT molecular complexity index is 671. The van der Waals surface area contributed by atoms with Crippen LogP contribution < -0.4 is 5.32 Å². The van der Waals surface area contributed by atoms with Crippen LogP contribution in [0.4, 0.5) is 5.69 Å². The monoisotopic (exact) mass is 291 g/mol. The van der Waals surface area contributed by atoms with Gasteiger partial charge < -0.3 is 10.4 Å². The number of rotatable bonds is 3. The van der Waals surface area contributed by atoms with Gasteiger partial charge in [0.05, 0.1) is 0 Å². The molecule has 20 heavy (non-hydrogen) atoms. The van der Waals surface area contributed by atoms with E-state index in [0.717, 1.165) is 6.20 Å². The van der Waals surface area contributed by atoms with Gasteiger partial charge in [0, 0.05) is 24.4 Å². The molecule has 7 heteroatoms. The first-order valence-electron chi connectivity index (χ1n) is 5.61. The normalized spacial score (nSPS) is 10.1. The minimum absolute atomic E-state index is 0.117. The highest BCUT2D eigenvalue weighted by Gasteiger charge is 2.12. The average Bonchev–Trinajstić information content (AvgIpc) is 2.38. The maximum Gasteiger partial charge on any atom is 0.340 e. The number of hydrogen-bond donors (Lipinski definition) is 2. The Morgan fingerprint density at radius 2 is 1.90 bits per heavy atom. The van der Waals surface area contributed by atoms with Crippen LogP contribution in [-0.2, 0) is 4.79 Å². The van der Waals surface area contributed by atoms with Crippen LogP contribution in [0.15, 0.2) is 30.5 Å². The van der Waals surface area contributed by atoms with Gasteiger partial charge in [0.25, 0.3) is 0 Å². The zero-order valence-electron chi connectivity index (χ0n) is 10.4. The molecule has 2 N–H and O–H groups in total. The Labute approximate surface area is 119 Å². The molecule has 0 atom stereocenters. The first-order valence-corrected chi connectivity index (χ1v) is 5.99. The van der Waals surface area contributed by atoms with Crippen molar-refractivity contribution in [2.24, 2.45) is 0 Å². The van der Waals surface area contributed by atoms with E-state index in [1.165, 1.54) is 6.92 Å². The highest BCUT2D eigenvalue weighted by Crippen LogP contribution is 2.21. The van der Waals surface area contributed by atoms with Gasteiger partial charge in [-0.25, -0.2) is 14.8 Å². The molecule has 0 unspecified atom stereocenters. The van der Waals surface area contributed by atoms with Crippen LogP contribution >= 0.6 is 11.6 Å². The number of carbonyl (C=O) groups is 2. The molecule has 0 spiro atoms. The van der Waals surface area contributed by atoms with Crippen LogP contribution in [-0.4, -0.2) is 27.0 Å². The van der Waals surface area contributed by atoms with E-state index in [0.29, 0.717) is 17.1 Å². The van der Waals surface area contributed by atoms with Crippen molar-refractivity contribution in [2.45, 2.75) is 6.92 Å². The summed E-state index contributed by atoms with van der Waals surface area (Å²) >= 11 is 5.79. The Morgan fingerprint density at radius 1 is 1.25 bits per heavy atom. The molecule has 0 fully saturated rings. The number of aromatic nitrogens is 2. The summed E-state index contributed by atoms with van der Waals surface area (Å²) in [6.45, 7) is 1.42. The molecule has 0 saturated carbocycles. The minimum atomic E-state index is -1.18. The fraction of sp³-hybridized carbons (Fsp3) is 0.0769. The van der Waals surface area contributed by atoms with E-state index in [4.69, 9.17) is 16.7 Å². The number of halogens is 1. The number of benzene rings is 1. The number of nitrogens with one attached hydrogen (secondary N) is 1. The third kappa shape index (κ3) is 3.10. The number of amides is 1. The number of aromatic carboxylic acids is 1. The van der Waals surface area contributed by atoms with Crippen molar-refractivity contribution in [2.75, 3.05) is 5.32 Å². The number of carbonyl (C=O) groups excluding carboxylic acids is 1. The van der Waals surface area contributed by atoms with Crippen LogP contribution in [0.25, 0.3) is 11.4 Å². The lowest BCUT2D eigenvalue weighted by Crippen LogP contribution is -2.05. The Balaban J connectivity index is 2.30. The summed E-state index contributed by atoms with van der Waals surface area (Å²) in [5.41, 5.74) is 1.16. The summed E-state index contributed by atoms with van der Waals surface area (Å²) in [4.78, 5) is 29.6. The summed E-state index contributed by atoms with van der Waals surface area (Å²) in [7, 11) is 0. The molecule has 2 aromatic rings. The second-order valence-electron chi connectivity index (χ2n) is 3.96. The van der Waals surface area contributed by atoms with Gasteiger partial charge in [0.15, 0.2) is 5.82 Å². The second kappa shape index (κ2) is 5.66. The van der Waals surface area contributed by atoms with Gasteiger partial charge in [0.1, 0.15) is 10.7 Å². The molecular formula is C13H10ClN3O3. The van der Waals surface area contributed by atoms with E-state index < -0.39 is 5.97 Å². The van der Waals surface area contributed by atoms with Crippen molar-refractivity contribution in [1.82, 2.24) is 9.97 Å². The van der Waals surface area contributed by atoms with Crippen LogP contribution in [0, 0.1) is 0 Å². The average molecular weight is 292 g/mol. The SMILES string of the molecule is CC(=O)Nc1ccc(-c2ncc(C(=O)O)c(Cl)n2)cc1. The lowest BCUT2D eigenvalue weighted by Gasteiger charge is -2.05. The molecule has 102 valence electrons. The standard InChI is InChI=1S/C13H10ClN3O3/c1-7(18)16-9-4-2-8(3-5-9)12-15-6-10(13(19)20)11(14)17-12/h2-6H,1H3,(H,16,18)(H,19,20). The van der Waals surface area contributed by atoms with Crippen LogP contribution in [0.3, 0.4) is 0 Å². The largest absolute Gasteiger partial charge is 0.478 e. The molecule has 1 aromatic heterocycles. The molecule has 0 bridgehead atoms. The van der Waals surface area contributed by atoms with E-state index in [-0.39, 0.29) is 16.6 Å². The molecule has 1 amide bonds. The second-order valence-corrected chi connectivity index (χ2v) is 4.32. The molecule has 0 aliphatic carbocycles. The lowest BCUT2D eigenvalue weighted by molar-refractivity contribution is -0.114. The number of carboxylic acid groups (broad SMARTS) is 1. The minimum Gasteiger partial charge on any atom is -0.478 e. The molecule has 1 aromatic carbocycles. The van der Waals surface area contributed by atoms with Crippen molar-refractivity contribution >= 4 is 29.2 Å². The van der Waals surface area contributed by atoms with Crippen molar-refractivity contribution in [3.63, 3.8) is 0 Å². The number of nitrogens with zero attached hydrogens (tertiary/aromatic N) is 2. The first kappa shape index (κ1) is 14.0. The summed E-state index contributed by atoms with van der Waals surface area (Å²) < 4.78 is 0. The fourth-order valence-corrected chi connectivity index (χ4v) is 1.76. The summed E-state index contributed by atoms with van der Waals surface area (Å²) in [5.74, 6) is -1.03. The summed E-state index contributed by atoms with van der Waals surface area (Å²) in [5, 5.41) is 11.4. The van der Waals surface area contributed by atoms with Crippen LogP contribution in [0.5, 0.6) is 0 Å². The number of hydrogen-bond acceptors (Lipinski definition) is 4. The third-order valence-corrected chi connectivity index (χ3v) is 2.72. The zero-order chi connectivity index (χ0) is 14.7. The van der Waals surface area contributed by atoms with E-state index >= 15 is 0 Å². The van der Waals surface area contributed by atoms with Crippen molar-refractivity contribution < 1.29 is 14.7 Å². The van der Waals surface area contributed by atoms with Crippen molar-refractivity contribution in [3.8, 4) is 11.4 Å². The molecule has 1 heterocycles. The third-order valence-electron chi connectivity index (χ3n) is 2.44. The van der Waals surface area contributed by atoms with Gasteiger partial charge in [-0.3, -0.25) is 4.79 Å². The fourth-order valence-electron chi connectivity index (χ4n) is 1.55. The van der Waals surface area contributed by atoms with Gasteiger partial charge in [-0.15, -0.1) is 0 Å². The molecule has 0 aliphatic heterocycles. The van der Waals surface area contributed by atoms with Gasteiger partial charge in [-0.05, 0) is 24.3 Å². The molecule has 0 saturated heterocycles. The van der Waals surface area contributed by atoms with E-state index in [1.807, 2.05) is 0 Å². The maximum absolute atomic E-state index is 10.9. The maximum atomic E-state index is 10.9. The van der Waals surface area contributed by atoms with Crippen LogP contribution in [0.1, 0.15) is 17.3 Å². The van der Waals surface area contributed by atoms with Crippen molar-refractivity contribution in [1.29, 1.82) is 0 Å². The molecule has 0 aliphatic rings. The summed E-state index contributed by atoms with van der Waals surface area (Å²) in [6, 6.07) is 6.80. The predicted octanol–water partition coefficient (Wildman–Crippen LogP) is 2.45. The quantitative estimate of drug-likeness (QED) is 0.847. The highest BCUT2D eigenvalue weighted by molar-refractivity contribution is 6.32. The van der Waals surface area contributed by atoms with Gasteiger partial charge >= 0.3 is 5.97 Å². The van der Waals surface area contributed by atoms with Gasteiger partial charge in [0.2, 0.25) is 5.91 Å². The predicted molar refractivity (Wildman–Crippen MR) is 73.7 cm³/mol. The molecule has 0 radical (unpaired) electrons. The Hall–Kier alpha value is -2.47. The van der Waals surface area contributed by atoms with Crippen LogP contribution in [0.2, 0.25) is 5.15 Å². The summed E-state index contributed by atoms with van der Waals surface area (Å²) in [6.07, 6.45) is 1.16. The first-order chi connectivity index (χ1) is 9.47. The molecule has 2 rings (SSSR count). The molecular weight excluding hydrogens is 282 g/mol. The van der Waals surface area contributed by atoms with Gasteiger partial charge in [-0.1, -0.05) is 11.6 Å². The van der Waals surface area contributed by atoms with Crippen molar-refractivity contribution in [3.05, 3.63) is 41.2 Å². The Kier molecular flexibility index (Phi) is 3.95. The zero-order valence-corrected chi connectivity index (χ0v) is 11.2. The lowest BCUT2D eigenvalue weighted by atomic mass is 10.2. The van der Waals surface area contributed by atoms with Gasteiger partial charge in [-0.2, -0.15) is 0 Å². The smallest absolute Gasteiger partial charge is 0.340 e. The van der Waals surface area contributed by atoms with E-state index in [9.17, 15) is 9.59 Å².